The fourth-order valence-corrected chi connectivity index (χ4v) is 4.17. The average Bonchev–Trinajstić information content (AvgIpc) is 2.54. The van der Waals surface area contributed by atoms with Crippen molar-refractivity contribution in [1.29, 1.82) is 0 Å². The van der Waals surface area contributed by atoms with Crippen molar-refractivity contribution in [3.8, 4) is 5.75 Å². The molecule has 8 nitrogen and oxygen atoms in total. The summed E-state index contributed by atoms with van der Waals surface area (Å²) in [6.45, 7) is 3.44. The molecule has 0 spiro atoms. The maximum atomic E-state index is 12.5. The summed E-state index contributed by atoms with van der Waals surface area (Å²) in [5.74, 6) is 0.399. The topological polar surface area (TPSA) is 111 Å². The van der Waals surface area contributed by atoms with Crippen LogP contribution in [-0.2, 0) is 10.0 Å². The third-order valence-corrected chi connectivity index (χ3v) is 5.64. The van der Waals surface area contributed by atoms with Crippen LogP contribution in [0.2, 0.25) is 0 Å². The van der Waals surface area contributed by atoms with Crippen molar-refractivity contribution in [1.82, 2.24) is 10.0 Å². The van der Waals surface area contributed by atoms with Crippen LogP contribution in [0.1, 0.15) is 19.8 Å². The highest BCUT2D eigenvalue weighted by atomic mass is 35.5. The van der Waals surface area contributed by atoms with Crippen LogP contribution in [0.4, 0.5) is 5.69 Å². The van der Waals surface area contributed by atoms with Crippen LogP contribution in [0, 0.1) is 16.0 Å². The van der Waals surface area contributed by atoms with Gasteiger partial charge in [-0.1, -0.05) is 0 Å². The molecule has 24 heavy (non-hydrogen) atoms. The molecule has 2 N–H and O–H groups in total. The molecular weight excluding hydrogens is 358 g/mol. The van der Waals surface area contributed by atoms with E-state index in [4.69, 9.17) is 4.74 Å². The van der Waals surface area contributed by atoms with Gasteiger partial charge in [-0.25, -0.2) is 13.1 Å². The minimum absolute atomic E-state index is 0. The molecule has 1 saturated heterocycles. The smallest absolute Gasteiger partial charge is 0.293 e. The number of methoxy groups -OCH3 is 1. The van der Waals surface area contributed by atoms with Gasteiger partial charge in [0.2, 0.25) is 10.0 Å². The normalized spacial score (nSPS) is 19.2. The van der Waals surface area contributed by atoms with E-state index < -0.39 is 20.6 Å². The number of nitrogens with one attached hydrogen (secondary N) is 2. The molecule has 1 fully saturated rings. The maximum Gasteiger partial charge on any atom is 0.293 e. The van der Waals surface area contributed by atoms with Crippen molar-refractivity contribution < 1.29 is 18.1 Å². The highest BCUT2D eigenvalue weighted by molar-refractivity contribution is 7.89. The van der Waals surface area contributed by atoms with Gasteiger partial charge in [-0.05, 0) is 50.9 Å². The lowest BCUT2D eigenvalue weighted by atomic mass is 9.94. The first-order valence-electron chi connectivity index (χ1n) is 7.40. The van der Waals surface area contributed by atoms with E-state index in [2.05, 4.69) is 10.0 Å². The van der Waals surface area contributed by atoms with Crippen LogP contribution in [0.15, 0.2) is 23.1 Å². The number of nitrogens with zero attached hydrogens (tertiary/aromatic N) is 1. The van der Waals surface area contributed by atoms with E-state index in [9.17, 15) is 18.5 Å². The van der Waals surface area contributed by atoms with E-state index in [1.165, 1.54) is 19.2 Å². The highest BCUT2D eigenvalue weighted by Gasteiger charge is 2.30. The first-order valence-corrected chi connectivity index (χ1v) is 8.89. The zero-order valence-electron chi connectivity index (χ0n) is 13.5. The molecular formula is C14H22ClN3O5S. The number of nitro groups is 1. The predicted molar refractivity (Wildman–Crippen MR) is 92.3 cm³/mol. The van der Waals surface area contributed by atoms with E-state index in [1.54, 1.807) is 6.92 Å². The Balaban J connectivity index is 0.00000288. The molecule has 0 radical (unpaired) electrons. The molecule has 2 rings (SSSR count). The van der Waals surface area contributed by atoms with Gasteiger partial charge in [-0.15, -0.1) is 12.4 Å². The SMILES string of the molecule is COc1ccc(S(=O)(=O)NC(C)C2CCCNC2)c([N+](=O)[O-])c1.Cl. The summed E-state index contributed by atoms with van der Waals surface area (Å²) in [5.41, 5.74) is -0.495. The summed E-state index contributed by atoms with van der Waals surface area (Å²) >= 11 is 0. The van der Waals surface area contributed by atoms with Gasteiger partial charge in [0.1, 0.15) is 5.75 Å². The van der Waals surface area contributed by atoms with Crippen molar-refractivity contribution >= 4 is 28.1 Å². The first kappa shape index (κ1) is 20.6. The van der Waals surface area contributed by atoms with Crippen molar-refractivity contribution in [2.75, 3.05) is 20.2 Å². The lowest BCUT2D eigenvalue weighted by molar-refractivity contribution is -0.387. The molecule has 0 saturated carbocycles. The number of rotatable bonds is 6. The number of halogens is 1. The Morgan fingerprint density at radius 3 is 2.71 bits per heavy atom. The van der Waals surface area contributed by atoms with Crippen LogP contribution in [0.3, 0.4) is 0 Å². The number of piperidine rings is 1. The van der Waals surface area contributed by atoms with Crippen LogP contribution in [0.5, 0.6) is 5.75 Å². The Bertz CT molecular complexity index is 677. The first-order chi connectivity index (χ1) is 10.8. The molecule has 1 aliphatic heterocycles. The van der Waals surface area contributed by atoms with Gasteiger partial charge in [-0.2, -0.15) is 0 Å². The molecule has 2 unspecified atom stereocenters. The zero-order valence-corrected chi connectivity index (χ0v) is 15.2. The number of ether oxygens (including phenoxy) is 1. The summed E-state index contributed by atoms with van der Waals surface area (Å²) in [4.78, 5) is 10.1. The number of hydrogen-bond donors (Lipinski definition) is 2. The Morgan fingerprint density at radius 2 is 2.17 bits per heavy atom. The van der Waals surface area contributed by atoms with Gasteiger partial charge in [0.15, 0.2) is 4.90 Å². The lowest BCUT2D eigenvalue weighted by Gasteiger charge is -2.28. The van der Waals surface area contributed by atoms with E-state index in [0.29, 0.717) is 0 Å². The molecule has 1 aliphatic rings. The van der Waals surface area contributed by atoms with E-state index >= 15 is 0 Å². The number of sulfonamides is 1. The van der Waals surface area contributed by atoms with Crippen LogP contribution in [-0.4, -0.2) is 39.6 Å². The van der Waals surface area contributed by atoms with Crippen LogP contribution < -0.4 is 14.8 Å². The van der Waals surface area contributed by atoms with Gasteiger partial charge in [0.05, 0.1) is 18.1 Å². The Labute approximate surface area is 147 Å². The molecule has 1 heterocycles. The van der Waals surface area contributed by atoms with Crippen molar-refractivity contribution in [2.45, 2.75) is 30.7 Å². The number of nitro benzene ring substituents is 1. The molecule has 0 aliphatic carbocycles. The van der Waals surface area contributed by atoms with Gasteiger partial charge in [-0.3, -0.25) is 10.1 Å². The molecule has 136 valence electrons. The van der Waals surface area contributed by atoms with E-state index in [-0.39, 0.29) is 35.0 Å². The molecule has 1 aromatic carbocycles. The lowest BCUT2D eigenvalue weighted by Crippen LogP contribution is -2.44. The van der Waals surface area contributed by atoms with Gasteiger partial charge >= 0.3 is 0 Å². The Morgan fingerprint density at radius 1 is 1.46 bits per heavy atom. The van der Waals surface area contributed by atoms with Gasteiger partial charge in [0, 0.05) is 6.04 Å². The molecule has 1 aromatic rings. The standard InChI is InChI=1S/C14H21N3O5S.ClH/c1-10(11-4-3-7-15-9-11)16-23(20,21)14-6-5-12(22-2)8-13(14)17(18)19;/h5-6,8,10-11,15-16H,3-4,7,9H2,1-2H3;1H. The molecule has 0 bridgehead atoms. The Hall–Kier alpha value is -1.42. The quantitative estimate of drug-likeness (QED) is 0.574. The van der Waals surface area contributed by atoms with Crippen molar-refractivity contribution in [3.63, 3.8) is 0 Å². The molecule has 0 amide bonds. The highest BCUT2D eigenvalue weighted by Crippen LogP contribution is 2.29. The molecule has 10 heteroatoms. The minimum atomic E-state index is -3.98. The second kappa shape index (κ2) is 8.61. The summed E-state index contributed by atoms with van der Waals surface area (Å²) in [5, 5.41) is 14.4. The zero-order chi connectivity index (χ0) is 17.0. The van der Waals surface area contributed by atoms with Crippen molar-refractivity contribution in [2.24, 2.45) is 5.92 Å². The van der Waals surface area contributed by atoms with E-state index in [1.807, 2.05) is 0 Å². The minimum Gasteiger partial charge on any atom is -0.497 e. The summed E-state index contributed by atoms with van der Waals surface area (Å²) in [6, 6.07) is 3.40. The molecule has 2 atom stereocenters. The molecule has 0 aromatic heterocycles. The van der Waals surface area contributed by atoms with E-state index in [0.717, 1.165) is 32.0 Å². The summed E-state index contributed by atoms with van der Waals surface area (Å²) in [6.07, 6.45) is 1.90. The third-order valence-electron chi connectivity index (χ3n) is 4.04. The summed E-state index contributed by atoms with van der Waals surface area (Å²) < 4.78 is 32.5. The average molecular weight is 380 g/mol. The van der Waals surface area contributed by atoms with Gasteiger partial charge in [0.25, 0.3) is 5.69 Å². The largest absolute Gasteiger partial charge is 0.497 e. The van der Waals surface area contributed by atoms with Crippen LogP contribution >= 0.6 is 12.4 Å². The monoisotopic (exact) mass is 379 g/mol. The maximum absolute atomic E-state index is 12.5. The van der Waals surface area contributed by atoms with Crippen molar-refractivity contribution in [3.05, 3.63) is 28.3 Å². The number of benzene rings is 1. The number of hydrogen-bond acceptors (Lipinski definition) is 6. The predicted octanol–water partition coefficient (Wildman–Crippen LogP) is 1.69. The summed E-state index contributed by atoms with van der Waals surface area (Å²) in [7, 11) is -2.62. The Kier molecular flexibility index (Phi) is 7.40. The fraction of sp³-hybridized carbons (Fsp3) is 0.571. The van der Waals surface area contributed by atoms with Crippen LogP contribution in [0.25, 0.3) is 0 Å². The fourth-order valence-electron chi connectivity index (χ4n) is 2.70. The second-order valence-electron chi connectivity index (χ2n) is 5.61. The third kappa shape index (κ3) is 4.79. The van der Waals surface area contributed by atoms with Gasteiger partial charge < -0.3 is 10.1 Å². The second-order valence-corrected chi connectivity index (χ2v) is 7.29.